The van der Waals surface area contributed by atoms with Gasteiger partial charge in [0.25, 0.3) is 0 Å². The summed E-state index contributed by atoms with van der Waals surface area (Å²) in [5.74, 6) is 0.555. The molecule has 1 unspecified atom stereocenters. The van der Waals surface area contributed by atoms with Crippen LogP contribution in [0.1, 0.15) is 12.0 Å². The Kier molecular flexibility index (Phi) is 4.73. The molecule has 4 heteroatoms. The Balaban J connectivity index is 1.70. The minimum atomic E-state index is 0.00298. The number of hydrogen-bond acceptors (Lipinski definition) is 3. The Morgan fingerprint density at radius 2 is 2.28 bits per heavy atom. The molecule has 18 heavy (non-hydrogen) atoms. The third kappa shape index (κ3) is 3.82. The number of carbonyl (C=O) groups excluding carboxylic acids is 1. The van der Waals surface area contributed by atoms with Gasteiger partial charge in [0.05, 0.1) is 13.2 Å². The zero-order chi connectivity index (χ0) is 12.8. The summed E-state index contributed by atoms with van der Waals surface area (Å²) in [5, 5.41) is 6.08. The summed E-state index contributed by atoms with van der Waals surface area (Å²) in [4.78, 5) is 11.7. The average Bonchev–Trinajstić information content (AvgIpc) is 2.85. The van der Waals surface area contributed by atoms with Crippen LogP contribution in [0, 0.1) is 12.8 Å². The van der Waals surface area contributed by atoms with Crippen molar-refractivity contribution in [1.29, 1.82) is 0 Å². The molecular formula is C14H20N2O2. The molecular weight excluding hydrogens is 228 g/mol. The van der Waals surface area contributed by atoms with Crippen LogP contribution in [0.3, 0.4) is 0 Å². The second-order valence-corrected chi connectivity index (χ2v) is 4.72. The van der Waals surface area contributed by atoms with Gasteiger partial charge in [0.1, 0.15) is 0 Å². The molecule has 2 rings (SSSR count). The normalized spacial score (nSPS) is 18.8. The van der Waals surface area contributed by atoms with E-state index in [0.29, 0.717) is 12.5 Å². The van der Waals surface area contributed by atoms with Crippen LogP contribution in [-0.4, -0.2) is 32.2 Å². The summed E-state index contributed by atoms with van der Waals surface area (Å²) < 4.78 is 5.29. The number of nitrogens with one attached hydrogen (secondary N) is 2. The maximum absolute atomic E-state index is 11.7. The maximum atomic E-state index is 11.7. The first kappa shape index (κ1) is 13.1. The topological polar surface area (TPSA) is 50.4 Å². The highest BCUT2D eigenvalue weighted by Crippen LogP contribution is 2.13. The highest BCUT2D eigenvalue weighted by atomic mass is 16.5. The number of amides is 1. The Bertz CT molecular complexity index is 401. The lowest BCUT2D eigenvalue weighted by molar-refractivity contribution is -0.115. The van der Waals surface area contributed by atoms with E-state index < -0.39 is 0 Å². The summed E-state index contributed by atoms with van der Waals surface area (Å²) >= 11 is 0. The minimum Gasteiger partial charge on any atom is -0.381 e. The van der Waals surface area contributed by atoms with Crippen LogP contribution in [0.15, 0.2) is 24.3 Å². The molecule has 1 amide bonds. The van der Waals surface area contributed by atoms with Crippen molar-refractivity contribution in [1.82, 2.24) is 5.32 Å². The molecule has 1 atom stereocenters. The lowest BCUT2D eigenvalue weighted by Gasteiger charge is -2.11. The van der Waals surface area contributed by atoms with Gasteiger partial charge in [-0.05, 0) is 30.9 Å². The van der Waals surface area contributed by atoms with E-state index >= 15 is 0 Å². The summed E-state index contributed by atoms with van der Waals surface area (Å²) in [7, 11) is 0. The first-order valence-electron chi connectivity index (χ1n) is 6.39. The first-order valence-corrected chi connectivity index (χ1v) is 6.39. The molecule has 1 aliphatic rings. The molecule has 0 spiro atoms. The third-order valence-electron chi connectivity index (χ3n) is 3.16. The Labute approximate surface area is 108 Å². The number of benzene rings is 1. The van der Waals surface area contributed by atoms with E-state index in [9.17, 15) is 4.79 Å². The third-order valence-corrected chi connectivity index (χ3v) is 3.16. The largest absolute Gasteiger partial charge is 0.381 e. The van der Waals surface area contributed by atoms with Crippen LogP contribution in [0.5, 0.6) is 0 Å². The molecule has 0 aromatic heterocycles. The van der Waals surface area contributed by atoms with Crippen LogP contribution in [0.25, 0.3) is 0 Å². The maximum Gasteiger partial charge on any atom is 0.238 e. The summed E-state index contributed by atoms with van der Waals surface area (Å²) in [6.45, 7) is 4.85. The second-order valence-electron chi connectivity index (χ2n) is 4.72. The van der Waals surface area contributed by atoms with Crippen molar-refractivity contribution in [2.45, 2.75) is 13.3 Å². The van der Waals surface area contributed by atoms with Crippen molar-refractivity contribution in [3.05, 3.63) is 29.8 Å². The van der Waals surface area contributed by atoms with E-state index in [-0.39, 0.29) is 5.91 Å². The van der Waals surface area contributed by atoms with Crippen molar-refractivity contribution in [3.8, 4) is 0 Å². The van der Waals surface area contributed by atoms with E-state index in [4.69, 9.17) is 4.74 Å². The van der Waals surface area contributed by atoms with Gasteiger partial charge in [-0.15, -0.1) is 0 Å². The fraction of sp³-hybridized carbons (Fsp3) is 0.500. The number of hydrogen-bond donors (Lipinski definition) is 2. The zero-order valence-corrected chi connectivity index (χ0v) is 10.7. The van der Waals surface area contributed by atoms with Crippen LogP contribution >= 0.6 is 0 Å². The molecule has 2 N–H and O–H groups in total. The SMILES string of the molecule is Cc1ccccc1NC(=O)CNCC1CCOC1. The molecule has 0 saturated carbocycles. The molecule has 1 aliphatic heterocycles. The molecule has 1 aromatic carbocycles. The minimum absolute atomic E-state index is 0.00298. The number of carbonyl (C=O) groups is 1. The van der Waals surface area contributed by atoms with Crippen molar-refractivity contribution < 1.29 is 9.53 Å². The van der Waals surface area contributed by atoms with E-state index in [1.807, 2.05) is 31.2 Å². The van der Waals surface area contributed by atoms with Gasteiger partial charge in [0, 0.05) is 18.8 Å². The van der Waals surface area contributed by atoms with Gasteiger partial charge in [-0.1, -0.05) is 18.2 Å². The highest BCUT2D eigenvalue weighted by molar-refractivity contribution is 5.92. The molecule has 1 saturated heterocycles. The number of rotatable bonds is 5. The Hall–Kier alpha value is -1.39. The zero-order valence-electron chi connectivity index (χ0n) is 10.7. The van der Waals surface area contributed by atoms with Gasteiger partial charge in [-0.3, -0.25) is 4.79 Å². The first-order chi connectivity index (χ1) is 8.75. The number of anilines is 1. The molecule has 1 fully saturated rings. The molecule has 1 heterocycles. The Morgan fingerprint density at radius 1 is 1.44 bits per heavy atom. The molecule has 0 bridgehead atoms. The Morgan fingerprint density at radius 3 is 3.00 bits per heavy atom. The van der Waals surface area contributed by atoms with Crippen molar-refractivity contribution >= 4 is 11.6 Å². The quantitative estimate of drug-likeness (QED) is 0.831. The van der Waals surface area contributed by atoms with Crippen molar-refractivity contribution in [3.63, 3.8) is 0 Å². The second kappa shape index (κ2) is 6.52. The van der Waals surface area contributed by atoms with Gasteiger partial charge in [-0.25, -0.2) is 0 Å². The average molecular weight is 248 g/mol. The lowest BCUT2D eigenvalue weighted by atomic mass is 10.1. The predicted molar refractivity (Wildman–Crippen MR) is 71.6 cm³/mol. The van der Waals surface area contributed by atoms with Gasteiger partial charge >= 0.3 is 0 Å². The summed E-state index contributed by atoms with van der Waals surface area (Å²) in [5.41, 5.74) is 1.96. The molecule has 0 radical (unpaired) electrons. The fourth-order valence-corrected chi connectivity index (χ4v) is 2.04. The van der Waals surface area contributed by atoms with Gasteiger partial charge < -0.3 is 15.4 Å². The smallest absolute Gasteiger partial charge is 0.238 e. The van der Waals surface area contributed by atoms with Crippen LogP contribution in [0.4, 0.5) is 5.69 Å². The van der Waals surface area contributed by atoms with E-state index in [1.165, 1.54) is 0 Å². The highest BCUT2D eigenvalue weighted by Gasteiger charge is 2.15. The molecule has 1 aromatic rings. The monoisotopic (exact) mass is 248 g/mol. The fourth-order valence-electron chi connectivity index (χ4n) is 2.04. The number of para-hydroxylation sites is 1. The predicted octanol–water partition coefficient (Wildman–Crippen LogP) is 1.56. The summed E-state index contributed by atoms with van der Waals surface area (Å²) in [6.07, 6.45) is 1.09. The van der Waals surface area contributed by atoms with E-state index in [2.05, 4.69) is 10.6 Å². The van der Waals surface area contributed by atoms with Crippen LogP contribution in [0.2, 0.25) is 0 Å². The molecule has 0 aliphatic carbocycles. The number of ether oxygens (including phenoxy) is 1. The van der Waals surface area contributed by atoms with Crippen LogP contribution < -0.4 is 10.6 Å². The number of aryl methyl sites for hydroxylation is 1. The standard InChI is InChI=1S/C14H20N2O2/c1-11-4-2-3-5-13(11)16-14(17)9-15-8-12-6-7-18-10-12/h2-5,12,15H,6-10H2,1H3,(H,16,17). The summed E-state index contributed by atoms with van der Waals surface area (Å²) in [6, 6.07) is 7.78. The lowest BCUT2D eigenvalue weighted by Crippen LogP contribution is -2.32. The van der Waals surface area contributed by atoms with Crippen molar-refractivity contribution in [2.75, 3.05) is 31.6 Å². The molecule has 4 nitrogen and oxygen atoms in total. The van der Waals surface area contributed by atoms with Gasteiger partial charge in [-0.2, -0.15) is 0 Å². The molecule has 98 valence electrons. The van der Waals surface area contributed by atoms with E-state index in [0.717, 1.165) is 37.4 Å². The van der Waals surface area contributed by atoms with Crippen LogP contribution in [-0.2, 0) is 9.53 Å². The van der Waals surface area contributed by atoms with Crippen molar-refractivity contribution in [2.24, 2.45) is 5.92 Å². The van der Waals surface area contributed by atoms with Gasteiger partial charge in [0.15, 0.2) is 0 Å². The van der Waals surface area contributed by atoms with E-state index in [1.54, 1.807) is 0 Å². The van der Waals surface area contributed by atoms with Gasteiger partial charge in [0.2, 0.25) is 5.91 Å².